The van der Waals surface area contributed by atoms with Gasteiger partial charge in [0, 0.05) is 25.0 Å². The van der Waals surface area contributed by atoms with E-state index in [9.17, 15) is 9.90 Å². The van der Waals surface area contributed by atoms with E-state index in [-0.39, 0.29) is 35.5 Å². The van der Waals surface area contributed by atoms with Gasteiger partial charge in [-0.25, -0.2) is 14.8 Å². The first-order chi connectivity index (χ1) is 11.8. The molecule has 0 spiro atoms. The summed E-state index contributed by atoms with van der Waals surface area (Å²) >= 11 is 3.30. The van der Waals surface area contributed by atoms with Gasteiger partial charge in [0.05, 0.1) is 15.7 Å². The quantitative estimate of drug-likeness (QED) is 0.566. The summed E-state index contributed by atoms with van der Waals surface area (Å²) in [5.41, 5.74) is 0.949. The van der Waals surface area contributed by atoms with Crippen molar-refractivity contribution in [1.82, 2.24) is 14.9 Å². The van der Waals surface area contributed by atoms with Gasteiger partial charge in [0.25, 0.3) is 0 Å². The van der Waals surface area contributed by atoms with Gasteiger partial charge in [-0.1, -0.05) is 12.8 Å². The Bertz CT molecular complexity index is 699. The molecule has 7 nitrogen and oxygen atoms in total. The SMILES string of the molecule is CC(=N)/C(COC(=O)N(C)C1CCCC1)=C(\O)c1ncc(Br)c(C)n1. The number of hydrogen-bond acceptors (Lipinski definition) is 6. The Morgan fingerprint density at radius 3 is 2.68 bits per heavy atom. The number of hydrogen-bond donors (Lipinski definition) is 2. The van der Waals surface area contributed by atoms with Gasteiger partial charge < -0.3 is 20.2 Å². The van der Waals surface area contributed by atoms with Crippen LogP contribution in [0.3, 0.4) is 0 Å². The van der Waals surface area contributed by atoms with E-state index in [1.165, 1.54) is 13.1 Å². The first-order valence-electron chi connectivity index (χ1n) is 8.18. The van der Waals surface area contributed by atoms with Crippen molar-refractivity contribution in [1.29, 1.82) is 5.41 Å². The standard InChI is InChI=1S/C17H23BrN4O3/c1-10(19)13(15(23)16-20-8-14(18)11(2)21-16)9-25-17(24)22(3)12-6-4-5-7-12/h8,12,19,23H,4-7,9H2,1-3H3/b15-13-,19-10?. The number of aliphatic hydroxyl groups excluding tert-OH is 1. The zero-order valence-electron chi connectivity index (χ0n) is 14.7. The Labute approximate surface area is 155 Å². The molecule has 8 heteroatoms. The fourth-order valence-corrected chi connectivity index (χ4v) is 2.92. The van der Waals surface area contributed by atoms with Crippen molar-refractivity contribution in [3.63, 3.8) is 0 Å². The van der Waals surface area contributed by atoms with Crippen molar-refractivity contribution in [3.05, 3.63) is 27.8 Å². The number of ether oxygens (including phenoxy) is 1. The molecule has 0 atom stereocenters. The molecule has 0 radical (unpaired) electrons. The molecule has 1 amide bonds. The lowest BCUT2D eigenvalue weighted by molar-refractivity contribution is 0.106. The van der Waals surface area contributed by atoms with Gasteiger partial charge >= 0.3 is 6.09 Å². The van der Waals surface area contributed by atoms with Gasteiger partial charge in [0.15, 0.2) is 11.6 Å². The largest absolute Gasteiger partial charge is 0.504 e. The number of nitrogens with one attached hydrogen (secondary N) is 1. The van der Waals surface area contributed by atoms with Crippen molar-refractivity contribution < 1.29 is 14.6 Å². The number of halogens is 1. The van der Waals surface area contributed by atoms with Crippen LogP contribution in [0.15, 0.2) is 16.2 Å². The van der Waals surface area contributed by atoms with Crippen LogP contribution in [0.1, 0.15) is 44.1 Å². The highest BCUT2D eigenvalue weighted by Gasteiger charge is 2.25. The smallest absolute Gasteiger partial charge is 0.410 e. The number of carbonyl (C=O) groups excluding carboxylic acids is 1. The van der Waals surface area contributed by atoms with Crippen LogP contribution >= 0.6 is 15.9 Å². The molecule has 0 aromatic carbocycles. The molecule has 0 unspecified atom stereocenters. The molecule has 1 aliphatic rings. The molecule has 1 aromatic heterocycles. The average molecular weight is 411 g/mol. The van der Waals surface area contributed by atoms with Crippen LogP contribution in [0, 0.1) is 12.3 Å². The lowest BCUT2D eigenvalue weighted by Gasteiger charge is -2.23. The van der Waals surface area contributed by atoms with Gasteiger partial charge in [0.1, 0.15) is 6.61 Å². The van der Waals surface area contributed by atoms with Crippen LogP contribution in [-0.4, -0.2) is 51.5 Å². The molecule has 1 aromatic rings. The number of nitrogens with zero attached hydrogens (tertiary/aromatic N) is 3. The molecule has 2 N–H and O–H groups in total. The highest BCUT2D eigenvalue weighted by Crippen LogP contribution is 2.23. The van der Waals surface area contributed by atoms with E-state index in [1.807, 2.05) is 0 Å². The molecule has 136 valence electrons. The lowest BCUT2D eigenvalue weighted by Crippen LogP contribution is -2.36. The second kappa shape index (κ2) is 8.42. The van der Waals surface area contributed by atoms with E-state index < -0.39 is 6.09 Å². The molecule has 25 heavy (non-hydrogen) atoms. The molecule has 0 bridgehead atoms. The van der Waals surface area contributed by atoms with Crippen molar-refractivity contribution in [3.8, 4) is 0 Å². The second-order valence-electron chi connectivity index (χ2n) is 6.18. The summed E-state index contributed by atoms with van der Waals surface area (Å²) in [4.78, 5) is 22.0. The van der Waals surface area contributed by atoms with Crippen LogP contribution in [0.25, 0.3) is 5.76 Å². The van der Waals surface area contributed by atoms with Crippen LogP contribution in [0.5, 0.6) is 0 Å². The van der Waals surface area contributed by atoms with E-state index in [0.717, 1.165) is 30.2 Å². The summed E-state index contributed by atoms with van der Waals surface area (Å²) < 4.78 is 6.02. The third-order valence-corrected chi connectivity index (χ3v) is 5.15. The van der Waals surface area contributed by atoms with Crippen molar-refractivity contribution in [2.24, 2.45) is 0 Å². The minimum absolute atomic E-state index is 0.0954. The number of aliphatic hydroxyl groups is 1. The number of aromatic nitrogens is 2. The first kappa shape index (κ1) is 19.4. The topological polar surface area (TPSA) is 99.4 Å². The van der Waals surface area contributed by atoms with Crippen molar-refractivity contribution in [2.75, 3.05) is 13.7 Å². The van der Waals surface area contributed by atoms with E-state index >= 15 is 0 Å². The normalized spacial score (nSPS) is 15.7. The van der Waals surface area contributed by atoms with Crippen LogP contribution in [0.2, 0.25) is 0 Å². The number of aryl methyl sites for hydroxylation is 1. The van der Waals surface area contributed by atoms with Crippen molar-refractivity contribution >= 4 is 33.5 Å². The molecular weight excluding hydrogens is 388 g/mol. The van der Waals surface area contributed by atoms with E-state index in [0.29, 0.717) is 5.69 Å². The van der Waals surface area contributed by atoms with Gasteiger partial charge in [0.2, 0.25) is 0 Å². The Morgan fingerprint density at radius 1 is 1.48 bits per heavy atom. The number of rotatable bonds is 5. The Morgan fingerprint density at radius 2 is 2.12 bits per heavy atom. The highest BCUT2D eigenvalue weighted by molar-refractivity contribution is 9.10. The summed E-state index contributed by atoms with van der Waals surface area (Å²) in [5.74, 6) is -0.151. The molecule has 0 saturated heterocycles. The molecule has 2 rings (SSSR count). The lowest BCUT2D eigenvalue weighted by atomic mass is 10.1. The summed E-state index contributed by atoms with van der Waals surface area (Å²) in [6.07, 6.45) is 5.28. The van der Waals surface area contributed by atoms with E-state index in [4.69, 9.17) is 10.1 Å². The maximum Gasteiger partial charge on any atom is 0.410 e. The monoisotopic (exact) mass is 410 g/mol. The summed E-state index contributed by atoms with van der Waals surface area (Å²) in [7, 11) is 1.72. The zero-order valence-corrected chi connectivity index (χ0v) is 16.3. The predicted octanol–water partition coefficient (Wildman–Crippen LogP) is 3.87. The minimum atomic E-state index is -0.452. The van der Waals surface area contributed by atoms with Gasteiger partial charge in [-0.2, -0.15) is 0 Å². The van der Waals surface area contributed by atoms with Crippen LogP contribution in [0.4, 0.5) is 4.79 Å². The van der Waals surface area contributed by atoms with Gasteiger partial charge in [-0.05, 0) is 42.6 Å². The van der Waals surface area contributed by atoms with Gasteiger partial charge in [-0.15, -0.1) is 0 Å². The molecule has 1 fully saturated rings. The molecule has 1 heterocycles. The summed E-state index contributed by atoms with van der Waals surface area (Å²) in [5, 5.41) is 18.3. The fourth-order valence-electron chi connectivity index (χ4n) is 2.73. The minimum Gasteiger partial charge on any atom is -0.504 e. The third-order valence-electron chi connectivity index (χ3n) is 4.37. The maximum absolute atomic E-state index is 12.2. The van der Waals surface area contributed by atoms with Crippen LogP contribution < -0.4 is 0 Å². The number of amides is 1. The molecule has 0 aliphatic heterocycles. The Hall–Kier alpha value is -1.96. The second-order valence-corrected chi connectivity index (χ2v) is 7.04. The molecule has 1 saturated carbocycles. The summed E-state index contributed by atoms with van der Waals surface area (Å²) in [6, 6.07) is 0.201. The maximum atomic E-state index is 12.2. The highest BCUT2D eigenvalue weighted by atomic mass is 79.9. The first-order valence-corrected chi connectivity index (χ1v) is 8.97. The third kappa shape index (κ3) is 4.78. The Balaban J connectivity index is 2.12. The van der Waals surface area contributed by atoms with E-state index in [2.05, 4.69) is 25.9 Å². The zero-order chi connectivity index (χ0) is 18.6. The van der Waals surface area contributed by atoms with E-state index in [1.54, 1.807) is 18.9 Å². The summed E-state index contributed by atoms with van der Waals surface area (Å²) in [6.45, 7) is 3.09. The predicted molar refractivity (Wildman–Crippen MR) is 98.8 cm³/mol. The molecular formula is C17H23BrN4O3. The average Bonchev–Trinajstić information content (AvgIpc) is 3.10. The fraction of sp³-hybridized carbons (Fsp3) is 0.529. The molecule has 1 aliphatic carbocycles. The van der Waals surface area contributed by atoms with Gasteiger partial charge in [-0.3, -0.25) is 0 Å². The van der Waals surface area contributed by atoms with Crippen LogP contribution in [-0.2, 0) is 4.74 Å². The van der Waals surface area contributed by atoms with Crippen molar-refractivity contribution in [2.45, 2.75) is 45.6 Å². The Kier molecular flexibility index (Phi) is 6.52. The number of carbonyl (C=O) groups is 1.